The van der Waals surface area contributed by atoms with Crippen LogP contribution < -0.4 is 5.63 Å². The van der Waals surface area contributed by atoms with Crippen molar-refractivity contribution in [1.29, 1.82) is 0 Å². The maximum atomic E-state index is 11.2. The monoisotopic (exact) mass is 292 g/mol. The molecule has 2 rings (SSSR count). The standard InChI is InChI=1S/C9H3BrCl2O2/c10-7-8(12)5-3-4(11)1-2-6(5)14-9(7)13/h1-3H. The first kappa shape index (κ1) is 10.0. The van der Waals surface area contributed by atoms with E-state index in [1.807, 2.05) is 0 Å². The van der Waals surface area contributed by atoms with Gasteiger partial charge in [0.1, 0.15) is 10.1 Å². The molecule has 2 nitrogen and oxygen atoms in total. The first-order chi connectivity index (χ1) is 6.59. The van der Waals surface area contributed by atoms with Crippen molar-refractivity contribution in [2.75, 3.05) is 0 Å². The molecule has 0 radical (unpaired) electrons. The minimum atomic E-state index is -0.496. The second-order valence-corrected chi connectivity index (χ2v) is 4.27. The van der Waals surface area contributed by atoms with Crippen LogP contribution in [0.1, 0.15) is 0 Å². The number of halogens is 3. The van der Waals surface area contributed by atoms with Crippen LogP contribution in [0.15, 0.2) is 31.9 Å². The van der Waals surface area contributed by atoms with E-state index in [1.54, 1.807) is 18.2 Å². The van der Waals surface area contributed by atoms with Gasteiger partial charge in [-0.3, -0.25) is 0 Å². The minimum Gasteiger partial charge on any atom is -0.422 e. The Hall–Kier alpha value is -0.510. The van der Waals surface area contributed by atoms with Gasteiger partial charge in [0, 0.05) is 10.4 Å². The maximum Gasteiger partial charge on any atom is 0.352 e. The van der Waals surface area contributed by atoms with Gasteiger partial charge in [0.15, 0.2) is 0 Å². The van der Waals surface area contributed by atoms with Crippen molar-refractivity contribution in [3.63, 3.8) is 0 Å². The zero-order chi connectivity index (χ0) is 10.3. The molecule has 1 aromatic heterocycles. The fourth-order valence-corrected chi connectivity index (χ4v) is 1.81. The van der Waals surface area contributed by atoms with Crippen LogP contribution in [0.25, 0.3) is 11.0 Å². The fraction of sp³-hybridized carbons (Fsp3) is 0. The third-order valence-electron chi connectivity index (χ3n) is 1.75. The smallest absolute Gasteiger partial charge is 0.352 e. The minimum absolute atomic E-state index is 0.217. The van der Waals surface area contributed by atoms with Crippen LogP contribution in [0.2, 0.25) is 10.0 Å². The number of rotatable bonds is 0. The van der Waals surface area contributed by atoms with E-state index in [4.69, 9.17) is 27.6 Å². The van der Waals surface area contributed by atoms with Gasteiger partial charge in [-0.2, -0.15) is 0 Å². The molecule has 0 aliphatic carbocycles. The third-order valence-corrected chi connectivity index (χ3v) is 3.33. The molecule has 14 heavy (non-hydrogen) atoms. The molecule has 0 saturated carbocycles. The van der Waals surface area contributed by atoms with Crippen LogP contribution in [0, 0.1) is 0 Å². The van der Waals surface area contributed by atoms with Gasteiger partial charge in [0.25, 0.3) is 0 Å². The highest BCUT2D eigenvalue weighted by Crippen LogP contribution is 2.29. The molecule has 1 aromatic carbocycles. The van der Waals surface area contributed by atoms with E-state index in [-0.39, 0.29) is 4.47 Å². The summed E-state index contributed by atoms with van der Waals surface area (Å²) in [5.74, 6) is 0. The molecule has 2 aromatic rings. The lowest BCUT2D eigenvalue weighted by Crippen LogP contribution is -1.99. The Morgan fingerprint density at radius 2 is 2.00 bits per heavy atom. The first-order valence-corrected chi connectivity index (χ1v) is 5.22. The van der Waals surface area contributed by atoms with E-state index in [0.29, 0.717) is 21.0 Å². The Bertz CT molecular complexity index is 562. The molecule has 0 N–H and O–H groups in total. The van der Waals surface area contributed by atoms with Crippen molar-refractivity contribution in [1.82, 2.24) is 0 Å². The predicted molar refractivity (Wildman–Crippen MR) is 60.2 cm³/mol. The molecule has 0 amide bonds. The topological polar surface area (TPSA) is 30.2 Å². The molecule has 72 valence electrons. The Morgan fingerprint density at radius 3 is 2.71 bits per heavy atom. The van der Waals surface area contributed by atoms with E-state index in [0.717, 1.165) is 0 Å². The van der Waals surface area contributed by atoms with Gasteiger partial charge < -0.3 is 4.42 Å². The number of fused-ring (bicyclic) bond motifs is 1. The quantitative estimate of drug-likeness (QED) is 0.691. The van der Waals surface area contributed by atoms with E-state index in [2.05, 4.69) is 15.9 Å². The maximum absolute atomic E-state index is 11.2. The van der Waals surface area contributed by atoms with Crippen LogP contribution in [-0.4, -0.2) is 0 Å². The van der Waals surface area contributed by atoms with E-state index < -0.39 is 5.63 Å². The van der Waals surface area contributed by atoms with E-state index in [1.165, 1.54) is 0 Å². The number of benzene rings is 1. The second-order valence-electron chi connectivity index (χ2n) is 2.66. The molecule has 0 aliphatic heterocycles. The normalized spacial score (nSPS) is 10.8. The molecular formula is C9H3BrCl2O2. The lowest BCUT2D eigenvalue weighted by Gasteiger charge is -2.00. The molecule has 0 spiro atoms. The molecule has 0 unspecified atom stereocenters. The largest absolute Gasteiger partial charge is 0.422 e. The molecular weight excluding hydrogens is 291 g/mol. The summed E-state index contributed by atoms with van der Waals surface area (Å²) < 4.78 is 5.20. The Labute approximate surface area is 97.6 Å². The van der Waals surface area contributed by atoms with Crippen LogP contribution in [0.3, 0.4) is 0 Å². The predicted octanol–water partition coefficient (Wildman–Crippen LogP) is 3.86. The molecule has 0 bridgehead atoms. The molecule has 0 saturated heterocycles. The van der Waals surface area contributed by atoms with Crippen LogP contribution in [0.4, 0.5) is 0 Å². The highest BCUT2D eigenvalue weighted by Gasteiger charge is 2.10. The lowest BCUT2D eigenvalue weighted by atomic mass is 10.2. The highest BCUT2D eigenvalue weighted by molar-refractivity contribution is 9.10. The summed E-state index contributed by atoms with van der Waals surface area (Å²) in [6.07, 6.45) is 0. The van der Waals surface area contributed by atoms with Crippen LogP contribution in [-0.2, 0) is 0 Å². The summed E-state index contributed by atoms with van der Waals surface area (Å²) in [7, 11) is 0. The van der Waals surface area contributed by atoms with E-state index in [9.17, 15) is 4.79 Å². The van der Waals surface area contributed by atoms with Crippen molar-refractivity contribution in [3.05, 3.63) is 43.1 Å². The lowest BCUT2D eigenvalue weighted by molar-refractivity contribution is 0.556. The Kier molecular flexibility index (Phi) is 2.56. The van der Waals surface area contributed by atoms with Crippen molar-refractivity contribution in [3.8, 4) is 0 Å². The van der Waals surface area contributed by atoms with Gasteiger partial charge in [0.05, 0.1) is 5.02 Å². The summed E-state index contributed by atoms with van der Waals surface area (Å²) in [6.45, 7) is 0. The molecule has 1 heterocycles. The van der Waals surface area contributed by atoms with Crippen molar-refractivity contribution < 1.29 is 4.42 Å². The van der Waals surface area contributed by atoms with Crippen LogP contribution in [0.5, 0.6) is 0 Å². The summed E-state index contributed by atoms with van der Waals surface area (Å²) in [6, 6.07) is 4.89. The molecule has 0 atom stereocenters. The summed E-state index contributed by atoms with van der Waals surface area (Å²) in [5.41, 5.74) is -0.0718. The van der Waals surface area contributed by atoms with Crippen molar-refractivity contribution in [2.45, 2.75) is 0 Å². The molecule has 5 heteroatoms. The molecule has 0 aliphatic rings. The van der Waals surface area contributed by atoms with Crippen molar-refractivity contribution in [2.24, 2.45) is 0 Å². The van der Waals surface area contributed by atoms with Gasteiger partial charge in [0.2, 0.25) is 0 Å². The second kappa shape index (κ2) is 3.57. The van der Waals surface area contributed by atoms with Crippen LogP contribution >= 0.6 is 39.1 Å². The van der Waals surface area contributed by atoms with E-state index >= 15 is 0 Å². The number of hydrogen-bond acceptors (Lipinski definition) is 2. The SMILES string of the molecule is O=c1oc2ccc(Cl)cc2c(Cl)c1Br. The van der Waals surface area contributed by atoms with Gasteiger partial charge >= 0.3 is 5.63 Å². The van der Waals surface area contributed by atoms with Gasteiger partial charge in [-0.15, -0.1) is 0 Å². The Morgan fingerprint density at radius 1 is 1.29 bits per heavy atom. The fourth-order valence-electron chi connectivity index (χ4n) is 1.12. The van der Waals surface area contributed by atoms with Gasteiger partial charge in [-0.25, -0.2) is 4.79 Å². The highest BCUT2D eigenvalue weighted by atomic mass is 79.9. The average molecular weight is 294 g/mol. The summed E-state index contributed by atoms with van der Waals surface area (Å²) in [5, 5.41) is 1.48. The third kappa shape index (κ3) is 1.56. The zero-order valence-corrected chi connectivity index (χ0v) is 9.78. The first-order valence-electron chi connectivity index (χ1n) is 3.67. The summed E-state index contributed by atoms with van der Waals surface area (Å²) >= 11 is 14.8. The summed E-state index contributed by atoms with van der Waals surface area (Å²) in [4.78, 5) is 11.2. The average Bonchev–Trinajstić information content (AvgIpc) is 2.16. The zero-order valence-electron chi connectivity index (χ0n) is 6.68. The van der Waals surface area contributed by atoms with Gasteiger partial charge in [-0.1, -0.05) is 23.2 Å². The van der Waals surface area contributed by atoms with Gasteiger partial charge in [-0.05, 0) is 34.1 Å². The molecule has 0 fully saturated rings. The number of hydrogen-bond donors (Lipinski definition) is 0. The van der Waals surface area contributed by atoms with Crippen molar-refractivity contribution >= 4 is 50.1 Å². The Balaban J connectivity index is 2.99.